The van der Waals surface area contributed by atoms with Crippen LogP contribution in [-0.4, -0.2) is 19.1 Å². The molecule has 1 aromatic carbocycles. The molecule has 0 amide bonds. The van der Waals surface area contributed by atoms with Crippen molar-refractivity contribution in [3.05, 3.63) is 30.5 Å². The molecule has 0 spiro atoms. The standard InChI is InChI=1S/C14H15NO3S/c1-4-8-15-9-7-12-10-13(5-6-14(12)15)19(16,17)18-11(2)3/h1,5-7,9-11H,8H2,2-3H3. The van der Waals surface area contributed by atoms with Crippen molar-refractivity contribution in [3.8, 4) is 12.3 Å². The lowest BCUT2D eigenvalue weighted by molar-refractivity contribution is 0.249. The van der Waals surface area contributed by atoms with Gasteiger partial charge in [0.2, 0.25) is 0 Å². The second-order valence-electron chi connectivity index (χ2n) is 4.47. The number of nitrogens with zero attached hydrogens (tertiary/aromatic N) is 1. The van der Waals surface area contributed by atoms with Crippen LogP contribution in [0, 0.1) is 12.3 Å². The van der Waals surface area contributed by atoms with E-state index in [0.717, 1.165) is 10.9 Å². The molecule has 0 aliphatic rings. The average Bonchev–Trinajstić information content (AvgIpc) is 2.71. The summed E-state index contributed by atoms with van der Waals surface area (Å²) >= 11 is 0. The van der Waals surface area contributed by atoms with E-state index in [1.54, 1.807) is 26.0 Å². The van der Waals surface area contributed by atoms with Gasteiger partial charge >= 0.3 is 0 Å². The van der Waals surface area contributed by atoms with Crippen molar-refractivity contribution < 1.29 is 12.6 Å². The van der Waals surface area contributed by atoms with Gasteiger partial charge in [-0.1, -0.05) is 5.92 Å². The molecular weight excluding hydrogens is 262 g/mol. The topological polar surface area (TPSA) is 48.3 Å². The first-order valence-corrected chi connectivity index (χ1v) is 7.30. The van der Waals surface area contributed by atoms with Crippen LogP contribution >= 0.6 is 0 Å². The number of aromatic nitrogens is 1. The van der Waals surface area contributed by atoms with Gasteiger partial charge in [0.1, 0.15) is 0 Å². The van der Waals surface area contributed by atoms with Gasteiger partial charge in [-0.2, -0.15) is 8.42 Å². The van der Waals surface area contributed by atoms with Gasteiger partial charge in [0.15, 0.2) is 0 Å². The summed E-state index contributed by atoms with van der Waals surface area (Å²) in [5.74, 6) is 2.55. The summed E-state index contributed by atoms with van der Waals surface area (Å²) in [6.07, 6.45) is 6.73. The van der Waals surface area contributed by atoms with Gasteiger partial charge in [0.05, 0.1) is 17.5 Å². The van der Waals surface area contributed by atoms with E-state index < -0.39 is 10.1 Å². The Morgan fingerprint density at radius 3 is 2.74 bits per heavy atom. The predicted molar refractivity (Wildman–Crippen MR) is 74.2 cm³/mol. The number of hydrogen-bond acceptors (Lipinski definition) is 3. The smallest absolute Gasteiger partial charge is 0.297 e. The SMILES string of the molecule is C#CCn1ccc2cc(S(=O)(=O)OC(C)C)ccc21. The minimum absolute atomic E-state index is 0.159. The highest BCUT2D eigenvalue weighted by Crippen LogP contribution is 2.22. The van der Waals surface area contributed by atoms with Crippen molar-refractivity contribution in [2.45, 2.75) is 31.4 Å². The second kappa shape index (κ2) is 5.08. The van der Waals surface area contributed by atoms with Gasteiger partial charge < -0.3 is 4.57 Å². The zero-order valence-corrected chi connectivity index (χ0v) is 11.6. The van der Waals surface area contributed by atoms with Crippen LogP contribution in [0.5, 0.6) is 0 Å². The molecule has 0 saturated heterocycles. The highest BCUT2D eigenvalue weighted by molar-refractivity contribution is 7.86. The molecule has 2 rings (SSSR count). The number of rotatable bonds is 4. The summed E-state index contributed by atoms with van der Waals surface area (Å²) in [6.45, 7) is 3.82. The van der Waals surface area contributed by atoms with E-state index in [1.807, 2.05) is 16.8 Å². The molecule has 1 heterocycles. The van der Waals surface area contributed by atoms with Crippen LogP contribution in [-0.2, 0) is 20.8 Å². The van der Waals surface area contributed by atoms with Crippen molar-refractivity contribution in [1.82, 2.24) is 4.57 Å². The Morgan fingerprint density at radius 1 is 1.37 bits per heavy atom. The van der Waals surface area contributed by atoms with E-state index in [-0.39, 0.29) is 11.0 Å². The molecule has 5 heteroatoms. The van der Waals surface area contributed by atoms with Gasteiger partial charge in [-0.05, 0) is 38.1 Å². The van der Waals surface area contributed by atoms with Crippen molar-refractivity contribution in [1.29, 1.82) is 0 Å². The minimum Gasteiger partial charge on any atom is -0.336 e. The quantitative estimate of drug-likeness (QED) is 0.637. The highest BCUT2D eigenvalue weighted by atomic mass is 32.2. The average molecular weight is 277 g/mol. The first-order valence-electron chi connectivity index (χ1n) is 5.89. The number of hydrogen-bond donors (Lipinski definition) is 0. The fraction of sp³-hybridized carbons (Fsp3) is 0.286. The zero-order valence-electron chi connectivity index (χ0n) is 10.8. The first-order chi connectivity index (χ1) is 8.94. The van der Waals surface area contributed by atoms with Crippen molar-refractivity contribution in [3.63, 3.8) is 0 Å². The molecule has 0 radical (unpaired) electrons. The van der Waals surface area contributed by atoms with Crippen LogP contribution in [0.15, 0.2) is 35.4 Å². The monoisotopic (exact) mass is 277 g/mol. The second-order valence-corrected chi connectivity index (χ2v) is 6.04. The Hall–Kier alpha value is -1.77. The Bertz CT molecular complexity index is 736. The number of terminal acetylenes is 1. The van der Waals surface area contributed by atoms with Gasteiger partial charge in [-0.15, -0.1) is 6.42 Å². The van der Waals surface area contributed by atoms with E-state index in [9.17, 15) is 8.42 Å². The van der Waals surface area contributed by atoms with Crippen molar-refractivity contribution in [2.24, 2.45) is 0 Å². The first kappa shape index (κ1) is 13.7. The maximum Gasteiger partial charge on any atom is 0.297 e. The van der Waals surface area contributed by atoms with Crippen LogP contribution in [0.3, 0.4) is 0 Å². The molecule has 0 fully saturated rings. The highest BCUT2D eigenvalue weighted by Gasteiger charge is 2.17. The third-order valence-corrected chi connectivity index (χ3v) is 4.08. The number of benzene rings is 1. The molecule has 0 aliphatic carbocycles. The Kier molecular flexibility index (Phi) is 3.65. The van der Waals surface area contributed by atoms with E-state index in [4.69, 9.17) is 10.6 Å². The van der Waals surface area contributed by atoms with Gasteiger partial charge in [-0.25, -0.2) is 0 Å². The maximum atomic E-state index is 12.0. The van der Waals surface area contributed by atoms with Gasteiger partial charge in [-0.3, -0.25) is 4.18 Å². The predicted octanol–water partition coefficient (Wildman–Crippen LogP) is 2.39. The molecule has 0 atom stereocenters. The molecule has 0 aliphatic heterocycles. The van der Waals surface area contributed by atoms with Gasteiger partial charge in [0.25, 0.3) is 10.1 Å². The molecule has 4 nitrogen and oxygen atoms in total. The lowest BCUT2D eigenvalue weighted by Crippen LogP contribution is -2.12. The summed E-state index contributed by atoms with van der Waals surface area (Å²) in [5, 5.41) is 0.823. The van der Waals surface area contributed by atoms with Crippen LogP contribution < -0.4 is 0 Å². The minimum atomic E-state index is -3.70. The lowest BCUT2D eigenvalue weighted by atomic mass is 10.2. The molecule has 2 aromatic rings. The van der Waals surface area contributed by atoms with Crippen molar-refractivity contribution in [2.75, 3.05) is 0 Å². The molecule has 0 saturated carbocycles. The van der Waals surface area contributed by atoms with Crippen LogP contribution in [0.25, 0.3) is 10.9 Å². The molecule has 0 unspecified atom stereocenters. The van der Waals surface area contributed by atoms with E-state index in [2.05, 4.69) is 5.92 Å². The fourth-order valence-corrected chi connectivity index (χ4v) is 3.00. The maximum absolute atomic E-state index is 12.0. The fourth-order valence-electron chi connectivity index (χ4n) is 1.88. The third kappa shape index (κ3) is 2.80. The van der Waals surface area contributed by atoms with Crippen molar-refractivity contribution >= 4 is 21.0 Å². The largest absolute Gasteiger partial charge is 0.336 e. The summed E-state index contributed by atoms with van der Waals surface area (Å²) in [7, 11) is -3.70. The summed E-state index contributed by atoms with van der Waals surface area (Å²) in [5.41, 5.74) is 0.904. The molecular formula is C14H15NO3S. The van der Waals surface area contributed by atoms with E-state index in [0.29, 0.717) is 6.54 Å². The molecule has 0 bridgehead atoms. The Morgan fingerprint density at radius 2 is 2.11 bits per heavy atom. The Balaban J connectivity index is 2.46. The van der Waals surface area contributed by atoms with E-state index >= 15 is 0 Å². The van der Waals surface area contributed by atoms with E-state index in [1.165, 1.54) is 6.07 Å². The third-order valence-electron chi connectivity index (χ3n) is 2.61. The Labute approximate surface area is 113 Å². The molecule has 100 valence electrons. The van der Waals surface area contributed by atoms with Crippen LogP contribution in [0.4, 0.5) is 0 Å². The zero-order chi connectivity index (χ0) is 14.0. The lowest BCUT2D eigenvalue weighted by Gasteiger charge is -2.08. The summed E-state index contributed by atoms with van der Waals surface area (Å²) in [6, 6.07) is 6.71. The normalized spacial score (nSPS) is 11.9. The van der Waals surface area contributed by atoms with Gasteiger partial charge in [0, 0.05) is 17.1 Å². The number of fused-ring (bicyclic) bond motifs is 1. The molecule has 1 aromatic heterocycles. The molecule has 0 N–H and O–H groups in total. The summed E-state index contributed by atoms with van der Waals surface area (Å²) < 4.78 is 30.8. The van der Waals surface area contributed by atoms with Crippen LogP contribution in [0.2, 0.25) is 0 Å². The molecule has 19 heavy (non-hydrogen) atoms. The van der Waals surface area contributed by atoms with Crippen LogP contribution in [0.1, 0.15) is 13.8 Å². The summed E-state index contributed by atoms with van der Waals surface area (Å²) in [4.78, 5) is 0.159.